The second kappa shape index (κ2) is 7.21. The molecule has 0 aliphatic rings. The predicted octanol–water partition coefficient (Wildman–Crippen LogP) is 5.05. The normalized spacial score (nSPS) is 10.6. The lowest BCUT2D eigenvalue weighted by atomic mass is 10.2. The van der Waals surface area contributed by atoms with Crippen LogP contribution in [0.5, 0.6) is 0 Å². The van der Waals surface area contributed by atoms with E-state index < -0.39 is 5.97 Å². The van der Waals surface area contributed by atoms with Crippen molar-refractivity contribution in [2.24, 2.45) is 0 Å². The molecule has 0 radical (unpaired) electrons. The molecule has 3 rings (SSSR count). The number of rotatable bonds is 4. The Morgan fingerprint density at radius 2 is 1.88 bits per heavy atom. The van der Waals surface area contributed by atoms with Crippen molar-refractivity contribution in [2.75, 3.05) is 0 Å². The monoisotopic (exact) mass is 382 g/mol. The molecule has 8 heteroatoms. The largest absolute Gasteiger partial charge is 0.452 e. The summed E-state index contributed by atoms with van der Waals surface area (Å²) in [5, 5.41) is 4.94. The first-order valence-corrected chi connectivity index (χ1v) is 7.87. The Labute approximate surface area is 152 Å². The maximum atomic E-state index is 12.0. The summed E-state index contributed by atoms with van der Waals surface area (Å²) in [6, 6.07) is 11.6. The molecule has 1 aromatic heterocycles. The Hall–Kier alpha value is -2.08. The standard InChI is InChI=1S/C16H9Cl3N2O3/c17-9-5-6-13(19)11(7-9)16(22)23-8-14-20-15(21-24-14)10-3-1-2-4-12(10)18/h1-7H,8H2. The van der Waals surface area contributed by atoms with Crippen LogP contribution < -0.4 is 0 Å². The van der Waals surface area contributed by atoms with E-state index in [4.69, 9.17) is 44.1 Å². The van der Waals surface area contributed by atoms with Crippen LogP contribution in [0.2, 0.25) is 15.1 Å². The van der Waals surface area contributed by atoms with Crippen molar-refractivity contribution in [3.8, 4) is 11.4 Å². The molecular formula is C16H9Cl3N2O3. The third-order valence-electron chi connectivity index (χ3n) is 3.06. The summed E-state index contributed by atoms with van der Waals surface area (Å²) in [6.45, 7) is -0.195. The van der Waals surface area contributed by atoms with E-state index in [1.807, 2.05) is 0 Å². The fourth-order valence-corrected chi connectivity index (χ4v) is 2.51. The first-order valence-electron chi connectivity index (χ1n) is 6.74. The zero-order valence-electron chi connectivity index (χ0n) is 12.0. The lowest BCUT2D eigenvalue weighted by molar-refractivity contribution is 0.0430. The molecule has 0 spiro atoms. The smallest absolute Gasteiger partial charge is 0.340 e. The van der Waals surface area contributed by atoms with Gasteiger partial charge >= 0.3 is 5.97 Å². The van der Waals surface area contributed by atoms with Crippen LogP contribution in [-0.2, 0) is 11.3 Å². The summed E-state index contributed by atoms with van der Waals surface area (Å²) in [5.74, 6) is -0.191. The van der Waals surface area contributed by atoms with Crippen LogP contribution in [0.15, 0.2) is 47.0 Å². The van der Waals surface area contributed by atoms with Gasteiger partial charge in [-0.3, -0.25) is 0 Å². The first kappa shape index (κ1) is 16.8. The van der Waals surface area contributed by atoms with Crippen LogP contribution in [0.1, 0.15) is 16.2 Å². The lowest BCUT2D eigenvalue weighted by Crippen LogP contribution is -2.06. The molecule has 0 aliphatic carbocycles. The summed E-state index contributed by atoms with van der Waals surface area (Å²) >= 11 is 17.9. The van der Waals surface area contributed by atoms with Crippen LogP contribution in [0, 0.1) is 0 Å². The number of carbonyl (C=O) groups excluding carboxylic acids is 1. The van der Waals surface area contributed by atoms with E-state index in [9.17, 15) is 4.79 Å². The number of halogens is 3. The molecule has 1 heterocycles. The average Bonchev–Trinajstić information content (AvgIpc) is 3.04. The molecular weight excluding hydrogens is 375 g/mol. The molecule has 0 amide bonds. The predicted molar refractivity (Wildman–Crippen MR) is 90.3 cm³/mol. The van der Waals surface area contributed by atoms with Gasteiger partial charge in [-0.1, -0.05) is 52.1 Å². The van der Waals surface area contributed by atoms with Crippen LogP contribution in [0.25, 0.3) is 11.4 Å². The van der Waals surface area contributed by atoms with Crippen LogP contribution in [0.4, 0.5) is 0 Å². The summed E-state index contributed by atoms with van der Waals surface area (Å²) in [7, 11) is 0. The molecule has 0 N–H and O–H groups in total. The Balaban J connectivity index is 1.71. The van der Waals surface area contributed by atoms with Crippen LogP contribution in [0.3, 0.4) is 0 Å². The summed E-state index contributed by atoms with van der Waals surface area (Å²) < 4.78 is 10.2. The van der Waals surface area contributed by atoms with Gasteiger partial charge in [0, 0.05) is 10.6 Å². The third kappa shape index (κ3) is 3.70. The number of nitrogens with zero attached hydrogens (tertiary/aromatic N) is 2. The van der Waals surface area contributed by atoms with E-state index in [-0.39, 0.29) is 23.1 Å². The highest BCUT2D eigenvalue weighted by Gasteiger charge is 2.16. The molecule has 2 aromatic carbocycles. The van der Waals surface area contributed by atoms with Gasteiger partial charge in [-0.25, -0.2) is 4.79 Å². The fourth-order valence-electron chi connectivity index (χ4n) is 1.92. The van der Waals surface area contributed by atoms with E-state index in [0.29, 0.717) is 21.4 Å². The van der Waals surface area contributed by atoms with Crippen molar-refractivity contribution in [2.45, 2.75) is 6.61 Å². The number of carbonyl (C=O) groups is 1. The van der Waals surface area contributed by atoms with E-state index in [0.717, 1.165) is 0 Å². The van der Waals surface area contributed by atoms with Gasteiger partial charge in [0.25, 0.3) is 5.89 Å². The van der Waals surface area contributed by atoms with Gasteiger partial charge in [0.15, 0.2) is 6.61 Å². The van der Waals surface area contributed by atoms with Crippen LogP contribution >= 0.6 is 34.8 Å². The van der Waals surface area contributed by atoms with Gasteiger partial charge < -0.3 is 9.26 Å². The van der Waals surface area contributed by atoms with Gasteiger partial charge in [0.1, 0.15) is 0 Å². The van der Waals surface area contributed by atoms with Crippen molar-refractivity contribution >= 4 is 40.8 Å². The minimum Gasteiger partial charge on any atom is -0.452 e. The Bertz CT molecular complexity index is 896. The maximum absolute atomic E-state index is 12.0. The highest BCUT2D eigenvalue weighted by molar-refractivity contribution is 6.35. The van der Waals surface area contributed by atoms with Crippen LogP contribution in [-0.4, -0.2) is 16.1 Å². The topological polar surface area (TPSA) is 65.2 Å². The second-order valence-electron chi connectivity index (χ2n) is 4.69. The molecule has 0 atom stereocenters. The highest BCUT2D eigenvalue weighted by atomic mass is 35.5. The molecule has 3 aromatic rings. The fraction of sp³-hybridized carbons (Fsp3) is 0.0625. The molecule has 24 heavy (non-hydrogen) atoms. The Morgan fingerprint density at radius 1 is 1.08 bits per heavy atom. The average molecular weight is 384 g/mol. The van der Waals surface area contributed by atoms with Gasteiger partial charge in [-0.15, -0.1) is 0 Å². The molecule has 0 saturated heterocycles. The minimum absolute atomic E-state index is 0.136. The number of hydrogen-bond acceptors (Lipinski definition) is 5. The molecule has 0 aliphatic heterocycles. The van der Waals surface area contributed by atoms with E-state index in [1.54, 1.807) is 30.3 Å². The highest BCUT2D eigenvalue weighted by Crippen LogP contribution is 2.25. The van der Waals surface area contributed by atoms with E-state index >= 15 is 0 Å². The lowest BCUT2D eigenvalue weighted by Gasteiger charge is -2.04. The van der Waals surface area contributed by atoms with Crippen molar-refractivity contribution in [3.63, 3.8) is 0 Å². The zero-order valence-corrected chi connectivity index (χ0v) is 14.3. The SMILES string of the molecule is O=C(OCc1nc(-c2ccccc2Cl)no1)c1cc(Cl)ccc1Cl. The quantitative estimate of drug-likeness (QED) is 0.590. The van der Waals surface area contributed by atoms with Crippen molar-refractivity contribution in [1.82, 2.24) is 10.1 Å². The van der Waals surface area contributed by atoms with Gasteiger partial charge in [-0.2, -0.15) is 4.98 Å². The van der Waals surface area contributed by atoms with Gasteiger partial charge in [0.05, 0.1) is 15.6 Å². The van der Waals surface area contributed by atoms with Crippen molar-refractivity contribution in [3.05, 3.63) is 69.0 Å². The summed E-state index contributed by atoms with van der Waals surface area (Å²) in [5.41, 5.74) is 0.786. The van der Waals surface area contributed by atoms with Gasteiger partial charge in [0.2, 0.25) is 5.82 Å². The number of aromatic nitrogens is 2. The molecule has 5 nitrogen and oxygen atoms in total. The molecule has 0 fully saturated rings. The maximum Gasteiger partial charge on any atom is 0.340 e. The van der Waals surface area contributed by atoms with Crippen molar-refractivity contribution in [1.29, 1.82) is 0 Å². The van der Waals surface area contributed by atoms with E-state index in [2.05, 4.69) is 10.1 Å². The minimum atomic E-state index is -0.639. The molecule has 122 valence electrons. The molecule has 0 unspecified atom stereocenters. The Kier molecular flexibility index (Phi) is 5.04. The van der Waals surface area contributed by atoms with Gasteiger partial charge in [-0.05, 0) is 30.3 Å². The van der Waals surface area contributed by atoms with E-state index in [1.165, 1.54) is 12.1 Å². The first-order chi connectivity index (χ1) is 11.5. The number of esters is 1. The second-order valence-corrected chi connectivity index (χ2v) is 5.94. The Morgan fingerprint density at radius 3 is 2.67 bits per heavy atom. The molecule has 0 bridgehead atoms. The number of ether oxygens (including phenoxy) is 1. The molecule has 0 saturated carbocycles. The number of benzene rings is 2. The van der Waals surface area contributed by atoms with Crippen molar-refractivity contribution < 1.29 is 14.1 Å². The number of hydrogen-bond donors (Lipinski definition) is 0. The summed E-state index contributed by atoms with van der Waals surface area (Å²) in [6.07, 6.45) is 0. The zero-order chi connectivity index (χ0) is 17.1. The third-order valence-corrected chi connectivity index (χ3v) is 3.95. The summed E-state index contributed by atoms with van der Waals surface area (Å²) in [4.78, 5) is 16.2.